The number of aromatic amines is 1. The summed E-state index contributed by atoms with van der Waals surface area (Å²) in [6.07, 6.45) is 2.75. The molecule has 0 atom stereocenters. The van der Waals surface area contributed by atoms with Crippen LogP contribution >= 0.6 is 0 Å². The van der Waals surface area contributed by atoms with Crippen LogP contribution in [-0.4, -0.2) is 56.6 Å². The van der Waals surface area contributed by atoms with Crippen LogP contribution < -0.4 is 4.72 Å². The molecule has 1 aliphatic heterocycles. The maximum atomic E-state index is 13.1. The number of aryl methyl sites for hydroxylation is 1. The van der Waals surface area contributed by atoms with Crippen LogP contribution in [0.2, 0.25) is 0 Å². The van der Waals surface area contributed by atoms with Gasteiger partial charge in [0.15, 0.2) is 0 Å². The van der Waals surface area contributed by atoms with Crippen LogP contribution in [0.3, 0.4) is 0 Å². The lowest BCUT2D eigenvalue weighted by Crippen LogP contribution is -2.46. The summed E-state index contributed by atoms with van der Waals surface area (Å²) in [7, 11) is -3.65. The Hall–Kier alpha value is -2.68. The number of H-pyrrole nitrogens is 1. The van der Waals surface area contributed by atoms with E-state index in [-0.39, 0.29) is 22.8 Å². The van der Waals surface area contributed by atoms with Crippen LogP contribution in [0.5, 0.6) is 0 Å². The Labute approximate surface area is 200 Å². The number of hydrogen-bond acceptors (Lipinski definition) is 4. The molecule has 8 heteroatoms. The van der Waals surface area contributed by atoms with Gasteiger partial charge in [-0.25, -0.2) is 13.1 Å². The molecule has 2 heterocycles. The lowest BCUT2D eigenvalue weighted by molar-refractivity contribution is -0.140. The number of ether oxygens (including phenoxy) is 1. The van der Waals surface area contributed by atoms with Crippen molar-refractivity contribution < 1.29 is 17.9 Å². The first-order valence-corrected chi connectivity index (χ1v) is 13.5. The molecule has 1 aromatic heterocycles. The van der Waals surface area contributed by atoms with E-state index in [9.17, 15) is 13.2 Å². The number of aromatic nitrogens is 1. The van der Waals surface area contributed by atoms with Gasteiger partial charge < -0.3 is 14.6 Å². The molecule has 5 rings (SSSR count). The fraction of sp³-hybridized carbons (Fsp3) is 0.423. The second kappa shape index (κ2) is 9.52. The van der Waals surface area contributed by atoms with Crippen molar-refractivity contribution >= 4 is 26.8 Å². The molecule has 2 fully saturated rings. The summed E-state index contributed by atoms with van der Waals surface area (Å²) >= 11 is 0. The van der Waals surface area contributed by atoms with Crippen LogP contribution in [-0.2, 0) is 19.6 Å². The Morgan fingerprint density at radius 1 is 1.03 bits per heavy atom. The lowest BCUT2D eigenvalue weighted by atomic mass is 9.85. The Morgan fingerprint density at radius 3 is 2.50 bits per heavy atom. The van der Waals surface area contributed by atoms with E-state index < -0.39 is 10.0 Å². The molecule has 0 unspecified atom stereocenters. The van der Waals surface area contributed by atoms with Gasteiger partial charge in [0.1, 0.15) is 0 Å². The van der Waals surface area contributed by atoms with E-state index >= 15 is 0 Å². The van der Waals surface area contributed by atoms with E-state index in [1.807, 2.05) is 29.2 Å². The summed E-state index contributed by atoms with van der Waals surface area (Å²) in [5.74, 6) is 0.167. The molecule has 3 aromatic rings. The van der Waals surface area contributed by atoms with E-state index in [4.69, 9.17) is 4.74 Å². The number of nitrogens with one attached hydrogen (secondary N) is 2. The van der Waals surface area contributed by atoms with E-state index in [0.717, 1.165) is 27.7 Å². The van der Waals surface area contributed by atoms with Crippen LogP contribution in [0, 0.1) is 12.8 Å². The Kier molecular flexibility index (Phi) is 6.46. The monoisotopic (exact) mass is 481 g/mol. The zero-order chi connectivity index (χ0) is 23.7. The zero-order valence-electron chi connectivity index (χ0n) is 19.4. The van der Waals surface area contributed by atoms with E-state index in [1.54, 1.807) is 12.1 Å². The second-order valence-corrected chi connectivity index (χ2v) is 11.1. The molecule has 2 aromatic carbocycles. The summed E-state index contributed by atoms with van der Waals surface area (Å²) in [6.45, 7) is 4.55. The molecule has 0 bridgehead atoms. The van der Waals surface area contributed by atoms with Gasteiger partial charge >= 0.3 is 0 Å². The lowest BCUT2D eigenvalue weighted by Gasteiger charge is -2.34. The minimum atomic E-state index is -3.65. The molecular weight excluding hydrogens is 450 g/mol. The van der Waals surface area contributed by atoms with Crippen molar-refractivity contribution in [3.05, 3.63) is 54.1 Å². The normalized spacial score (nSPS) is 21.6. The maximum absolute atomic E-state index is 13.1. The molecule has 1 saturated carbocycles. The van der Waals surface area contributed by atoms with Gasteiger partial charge in [-0.15, -0.1) is 0 Å². The summed E-state index contributed by atoms with van der Waals surface area (Å²) in [5.41, 5.74) is 4.02. The number of hydrogen-bond donors (Lipinski definition) is 2. The highest BCUT2D eigenvalue weighted by Crippen LogP contribution is 2.30. The van der Waals surface area contributed by atoms with Gasteiger partial charge in [-0.05, 0) is 56.4 Å². The first-order valence-electron chi connectivity index (χ1n) is 12.0. The van der Waals surface area contributed by atoms with Gasteiger partial charge in [-0.3, -0.25) is 4.79 Å². The number of morpholine rings is 1. The summed E-state index contributed by atoms with van der Waals surface area (Å²) in [5, 5.41) is 0.972. The predicted octanol–water partition coefficient (Wildman–Crippen LogP) is 3.84. The summed E-state index contributed by atoms with van der Waals surface area (Å²) in [6, 6.07) is 15.2. The summed E-state index contributed by atoms with van der Waals surface area (Å²) < 4.78 is 34.5. The third-order valence-electron chi connectivity index (χ3n) is 7.06. The number of carbonyl (C=O) groups excluding carboxylic acids is 1. The molecule has 180 valence electrons. The first kappa shape index (κ1) is 23.1. The van der Waals surface area contributed by atoms with Crippen molar-refractivity contribution in [1.82, 2.24) is 14.6 Å². The first-order chi connectivity index (χ1) is 16.4. The van der Waals surface area contributed by atoms with Gasteiger partial charge in [0.2, 0.25) is 15.9 Å². The fourth-order valence-corrected chi connectivity index (χ4v) is 6.41. The van der Waals surface area contributed by atoms with E-state index in [1.165, 1.54) is 0 Å². The number of benzene rings is 2. The van der Waals surface area contributed by atoms with Gasteiger partial charge in [0.25, 0.3) is 0 Å². The topological polar surface area (TPSA) is 91.5 Å². The number of sulfonamides is 1. The molecule has 1 aliphatic carbocycles. The third-order valence-corrected chi connectivity index (χ3v) is 8.58. The van der Waals surface area contributed by atoms with E-state index in [2.05, 4.69) is 28.8 Å². The minimum Gasteiger partial charge on any atom is -0.378 e. The van der Waals surface area contributed by atoms with Gasteiger partial charge in [-0.1, -0.05) is 30.3 Å². The number of nitrogens with zero attached hydrogens (tertiary/aromatic N) is 1. The molecular formula is C26H31N3O4S. The van der Waals surface area contributed by atoms with Crippen LogP contribution in [0.25, 0.3) is 22.2 Å². The minimum absolute atomic E-state index is 0.0195. The molecule has 1 amide bonds. The average Bonchev–Trinajstić information content (AvgIpc) is 3.28. The highest BCUT2D eigenvalue weighted by Gasteiger charge is 2.32. The van der Waals surface area contributed by atoms with Crippen LogP contribution in [0.1, 0.15) is 31.2 Å². The predicted molar refractivity (Wildman–Crippen MR) is 132 cm³/mol. The van der Waals surface area contributed by atoms with Gasteiger partial charge in [-0.2, -0.15) is 0 Å². The Bertz CT molecular complexity index is 1290. The quantitative estimate of drug-likeness (QED) is 0.579. The van der Waals surface area contributed by atoms with Crippen molar-refractivity contribution in [1.29, 1.82) is 0 Å². The average molecular weight is 482 g/mol. The van der Waals surface area contributed by atoms with Crippen molar-refractivity contribution in [2.24, 2.45) is 5.92 Å². The van der Waals surface area contributed by atoms with Crippen molar-refractivity contribution in [3.8, 4) is 11.3 Å². The smallest absolute Gasteiger partial charge is 0.240 e. The van der Waals surface area contributed by atoms with E-state index in [0.29, 0.717) is 52.0 Å². The summed E-state index contributed by atoms with van der Waals surface area (Å²) in [4.78, 5) is 18.3. The zero-order valence-corrected chi connectivity index (χ0v) is 20.2. The number of rotatable bonds is 5. The number of carbonyl (C=O) groups is 1. The molecule has 2 N–H and O–H groups in total. The van der Waals surface area contributed by atoms with Gasteiger partial charge in [0.05, 0.1) is 18.1 Å². The molecule has 34 heavy (non-hydrogen) atoms. The highest BCUT2D eigenvalue weighted by molar-refractivity contribution is 7.89. The SMILES string of the molecule is Cc1ccccc1-c1cc2ccc(S(=O)(=O)NC3CCC(C(=O)N4CCOCC4)CC3)cc2[nH]1. The Balaban J connectivity index is 1.25. The van der Waals surface area contributed by atoms with Crippen molar-refractivity contribution in [3.63, 3.8) is 0 Å². The fourth-order valence-electron chi connectivity index (χ4n) is 5.08. The highest BCUT2D eigenvalue weighted by atomic mass is 32.2. The standard InChI is InChI=1S/C26H31N3O4S/c1-18-4-2-3-5-23(18)25-16-20-8-11-22(17-24(20)27-25)34(31,32)28-21-9-6-19(7-10-21)26(30)29-12-14-33-15-13-29/h2-5,8,11,16-17,19,21,27-28H,6-7,9-10,12-15H2,1H3. The molecule has 1 saturated heterocycles. The second-order valence-electron chi connectivity index (χ2n) is 9.35. The van der Waals surface area contributed by atoms with Crippen molar-refractivity contribution in [2.75, 3.05) is 26.3 Å². The van der Waals surface area contributed by atoms with Gasteiger partial charge in [0, 0.05) is 47.2 Å². The van der Waals surface area contributed by atoms with Crippen LogP contribution in [0.4, 0.5) is 0 Å². The molecule has 0 spiro atoms. The molecule has 7 nitrogen and oxygen atoms in total. The largest absolute Gasteiger partial charge is 0.378 e. The molecule has 0 radical (unpaired) electrons. The Morgan fingerprint density at radius 2 is 1.76 bits per heavy atom. The van der Waals surface area contributed by atoms with Crippen LogP contribution in [0.15, 0.2) is 53.4 Å². The number of amides is 1. The van der Waals surface area contributed by atoms with Crippen molar-refractivity contribution in [2.45, 2.75) is 43.5 Å². The number of fused-ring (bicyclic) bond motifs is 1. The maximum Gasteiger partial charge on any atom is 0.240 e. The molecule has 2 aliphatic rings. The third kappa shape index (κ3) is 4.76.